The van der Waals surface area contributed by atoms with Gasteiger partial charge >= 0.3 is 6.03 Å². The van der Waals surface area contributed by atoms with Gasteiger partial charge in [-0.1, -0.05) is 0 Å². The quantitative estimate of drug-likeness (QED) is 0.830. The molecule has 0 radical (unpaired) electrons. The van der Waals surface area contributed by atoms with Crippen molar-refractivity contribution in [2.45, 2.75) is 26.3 Å². The molecule has 1 fully saturated rings. The highest BCUT2D eigenvalue weighted by Crippen LogP contribution is 2.45. The molecule has 2 rings (SSSR count). The van der Waals surface area contributed by atoms with Crippen LogP contribution < -0.4 is 5.32 Å². The van der Waals surface area contributed by atoms with Crippen molar-refractivity contribution < 1.29 is 13.9 Å². The summed E-state index contributed by atoms with van der Waals surface area (Å²) in [5.74, 6) is 0.939. The first-order valence-corrected chi connectivity index (χ1v) is 6.31. The second-order valence-corrected chi connectivity index (χ2v) is 5.16. The smallest absolute Gasteiger partial charge is 0.317 e. The van der Waals surface area contributed by atoms with Gasteiger partial charge in [-0.05, 0) is 12.8 Å². The maximum absolute atomic E-state index is 11.9. The summed E-state index contributed by atoms with van der Waals surface area (Å²) in [6.07, 6.45) is 2.21. The Labute approximate surface area is 112 Å². The number of ether oxygens (including phenoxy) is 1. The zero-order valence-corrected chi connectivity index (χ0v) is 11.6. The van der Waals surface area contributed by atoms with Crippen molar-refractivity contribution in [1.82, 2.24) is 20.4 Å². The Morgan fingerprint density at radius 1 is 1.53 bits per heavy atom. The van der Waals surface area contributed by atoms with Gasteiger partial charge in [0.15, 0.2) is 0 Å². The number of carbonyl (C=O) groups is 1. The first-order valence-electron chi connectivity index (χ1n) is 6.31. The Hall–Kier alpha value is -1.63. The zero-order valence-electron chi connectivity index (χ0n) is 11.6. The Balaban J connectivity index is 1.76. The van der Waals surface area contributed by atoms with Crippen LogP contribution in [0.25, 0.3) is 0 Å². The van der Waals surface area contributed by atoms with E-state index in [0.29, 0.717) is 31.5 Å². The van der Waals surface area contributed by atoms with Crippen LogP contribution in [0.1, 0.15) is 24.6 Å². The largest absolute Gasteiger partial charge is 0.424 e. The second-order valence-electron chi connectivity index (χ2n) is 5.16. The number of amides is 2. The minimum atomic E-state index is -0.141. The van der Waals surface area contributed by atoms with E-state index in [9.17, 15) is 4.79 Å². The maximum atomic E-state index is 11.9. The number of urea groups is 1. The number of carbonyl (C=O) groups excluding carboxylic acids is 1. The van der Waals surface area contributed by atoms with Crippen molar-refractivity contribution in [2.24, 2.45) is 5.41 Å². The molecule has 1 heterocycles. The van der Waals surface area contributed by atoms with Gasteiger partial charge in [-0.3, -0.25) is 0 Å². The average molecular weight is 268 g/mol. The number of aromatic nitrogens is 2. The number of hydrogen-bond donors (Lipinski definition) is 1. The summed E-state index contributed by atoms with van der Waals surface area (Å²) in [6, 6.07) is -0.141. The highest BCUT2D eigenvalue weighted by Gasteiger charge is 2.42. The highest BCUT2D eigenvalue weighted by atomic mass is 16.5. The van der Waals surface area contributed by atoms with Crippen LogP contribution in [-0.2, 0) is 11.3 Å². The molecule has 0 aromatic carbocycles. The maximum Gasteiger partial charge on any atom is 0.317 e. The molecule has 2 amide bonds. The van der Waals surface area contributed by atoms with E-state index in [0.717, 1.165) is 12.8 Å². The number of rotatable bonds is 6. The Morgan fingerprint density at radius 2 is 2.26 bits per heavy atom. The van der Waals surface area contributed by atoms with Crippen molar-refractivity contribution in [1.29, 1.82) is 0 Å². The molecule has 1 aromatic rings. The van der Waals surface area contributed by atoms with Gasteiger partial charge in [-0.2, -0.15) is 0 Å². The fourth-order valence-corrected chi connectivity index (χ4v) is 1.93. The lowest BCUT2D eigenvalue weighted by Gasteiger charge is -2.19. The van der Waals surface area contributed by atoms with Gasteiger partial charge in [0.1, 0.15) is 6.54 Å². The fourth-order valence-electron chi connectivity index (χ4n) is 1.93. The number of hydrogen-bond acceptors (Lipinski definition) is 5. The SMILES string of the molecule is COCC1(CNC(=O)N(C)Cc2nnc(C)o2)CC1. The van der Waals surface area contributed by atoms with Gasteiger partial charge in [0.05, 0.1) is 6.61 Å². The Kier molecular flexibility index (Phi) is 4.04. The molecular formula is C12H20N4O3. The summed E-state index contributed by atoms with van der Waals surface area (Å²) in [7, 11) is 3.39. The second kappa shape index (κ2) is 5.56. The lowest BCUT2D eigenvalue weighted by molar-refractivity contribution is 0.138. The molecule has 0 atom stereocenters. The van der Waals surface area contributed by atoms with Crippen LogP contribution in [-0.4, -0.2) is 48.4 Å². The van der Waals surface area contributed by atoms with Crippen LogP contribution in [0.2, 0.25) is 0 Å². The summed E-state index contributed by atoms with van der Waals surface area (Å²) >= 11 is 0. The van der Waals surface area contributed by atoms with Gasteiger partial charge in [-0.25, -0.2) is 4.79 Å². The van der Waals surface area contributed by atoms with Crippen LogP contribution >= 0.6 is 0 Å². The molecule has 0 spiro atoms. The summed E-state index contributed by atoms with van der Waals surface area (Å²) in [5.41, 5.74) is 0.145. The van der Waals surface area contributed by atoms with Crippen LogP contribution in [0.15, 0.2) is 4.42 Å². The normalized spacial score (nSPS) is 16.2. The van der Waals surface area contributed by atoms with Gasteiger partial charge in [-0.15, -0.1) is 10.2 Å². The fraction of sp³-hybridized carbons (Fsp3) is 0.750. The molecule has 1 N–H and O–H groups in total. The van der Waals surface area contributed by atoms with Crippen LogP contribution in [0.3, 0.4) is 0 Å². The first-order chi connectivity index (χ1) is 9.04. The average Bonchev–Trinajstić information content (AvgIpc) is 3.02. The number of nitrogens with zero attached hydrogens (tertiary/aromatic N) is 3. The van der Waals surface area contributed by atoms with E-state index >= 15 is 0 Å². The third-order valence-corrected chi connectivity index (χ3v) is 3.31. The Morgan fingerprint density at radius 3 is 2.79 bits per heavy atom. The van der Waals surface area contributed by atoms with Gasteiger partial charge < -0.3 is 19.4 Å². The minimum absolute atomic E-state index is 0.141. The molecule has 7 nitrogen and oxygen atoms in total. The molecule has 1 aliphatic carbocycles. The van der Waals surface area contributed by atoms with E-state index in [4.69, 9.17) is 9.15 Å². The molecule has 0 unspecified atom stereocenters. The molecule has 19 heavy (non-hydrogen) atoms. The molecular weight excluding hydrogens is 248 g/mol. The summed E-state index contributed by atoms with van der Waals surface area (Å²) in [5, 5.41) is 10.5. The van der Waals surface area contributed by atoms with Gasteiger partial charge in [0, 0.05) is 33.0 Å². The molecule has 0 saturated heterocycles. The van der Waals surface area contributed by atoms with Crippen molar-refractivity contribution >= 4 is 6.03 Å². The molecule has 1 aromatic heterocycles. The van der Waals surface area contributed by atoms with E-state index in [2.05, 4.69) is 15.5 Å². The zero-order chi connectivity index (χ0) is 13.9. The molecule has 1 aliphatic rings. The lowest BCUT2D eigenvalue weighted by atomic mass is 10.1. The van der Waals surface area contributed by atoms with Crippen molar-refractivity contribution in [3.8, 4) is 0 Å². The molecule has 1 saturated carbocycles. The minimum Gasteiger partial charge on any atom is -0.424 e. The van der Waals surface area contributed by atoms with Crippen molar-refractivity contribution in [2.75, 3.05) is 27.3 Å². The predicted molar refractivity (Wildman–Crippen MR) is 67.4 cm³/mol. The van der Waals surface area contributed by atoms with Crippen molar-refractivity contribution in [3.05, 3.63) is 11.8 Å². The number of nitrogens with one attached hydrogen (secondary N) is 1. The topological polar surface area (TPSA) is 80.5 Å². The predicted octanol–water partition coefficient (Wildman–Crippen LogP) is 0.946. The van der Waals surface area contributed by atoms with E-state index in [1.807, 2.05) is 0 Å². The monoisotopic (exact) mass is 268 g/mol. The van der Waals surface area contributed by atoms with Crippen LogP contribution in [0.4, 0.5) is 4.79 Å². The summed E-state index contributed by atoms with van der Waals surface area (Å²) in [6.45, 7) is 3.37. The highest BCUT2D eigenvalue weighted by molar-refractivity contribution is 5.73. The van der Waals surface area contributed by atoms with Crippen LogP contribution in [0.5, 0.6) is 0 Å². The summed E-state index contributed by atoms with van der Waals surface area (Å²) < 4.78 is 10.4. The molecule has 106 valence electrons. The summed E-state index contributed by atoms with van der Waals surface area (Å²) in [4.78, 5) is 13.4. The number of aryl methyl sites for hydroxylation is 1. The Bertz CT molecular complexity index is 442. The third kappa shape index (κ3) is 3.66. The van der Waals surface area contributed by atoms with Crippen LogP contribution in [0, 0.1) is 12.3 Å². The van der Waals surface area contributed by atoms with E-state index < -0.39 is 0 Å². The van der Waals surface area contributed by atoms with E-state index in [-0.39, 0.29) is 11.4 Å². The number of methoxy groups -OCH3 is 1. The molecule has 0 bridgehead atoms. The van der Waals surface area contributed by atoms with E-state index in [1.165, 1.54) is 4.90 Å². The van der Waals surface area contributed by atoms with E-state index in [1.54, 1.807) is 21.1 Å². The lowest BCUT2D eigenvalue weighted by Crippen LogP contribution is -2.40. The van der Waals surface area contributed by atoms with Crippen molar-refractivity contribution in [3.63, 3.8) is 0 Å². The third-order valence-electron chi connectivity index (χ3n) is 3.31. The first kappa shape index (κ1) is 13.8. The van der Waals surface area contributed by atoms with Gasteiger partial charge in [0.2, 0.25) is 11.8 Å². The molecule has 0 aliphatic heterocycles. The van der Waals surface area contributed by atoms with Gasteiger partial charge in [0.25, 0.3) is 0 Å². The standard InChI is InChI=1S/C12H20N4O3/c1-9-14-15-10(19-9)6-16(2)11(17)13-7-12(4-5-12)8-18-3/h4-8H2,1-3H3,(H,13,17). The molecule has 7 heteroatoms.